The highest BCUT2D eigenvalue weighted by molar-refractivity contribution is 5.93. The fourth-order valence-electron chi connectivity index (χ4n) is 4.33. The third-order valence-corrected chi connectivity index (χ3v) is 6.16. The van der Waals surface area contributed by atoms with E-state index in [0.717, 1.165) is 43.4 Å². The smallest absolute Gasteiger partial charge is 0.287 e. The number of likely N-dealkylation sites (tertiary alicyclic amines) is 1. The van der Waals surface area contributed by atoms with Crippen molar-refractivity contribution >= 4 is 27.8 Å². The summed E-state index contributed by atoms with van der Waals surface area (Å²) in [5.74, 6) is 0.223. The van der Waals surface area contributed by atoms with Crippen molar-refractivity contribution in [3.63, 3.8) is 0 Å². The van der Waals surface area contributed by atoms with Gasteiger partial charge in [-0.2, -0.15) is 0 Å². The number of fused-ring (bicyclic) bond motifs is 2. The van der Waals surface area contributed by atoms with E-state index in [1.165, 1.54) is 11.6 Å². The van der Waals surface area contributed by atoms with E-state index in [4.69, 9.17) is 9.15 Å². The van der Waals surface area contributed by atoms with E-state index >= 15 is 0 Å². The van der Waals surface area contributed by atoms with Crippen LogP contribution in [0.15, 0.2) is 70.0 Å². The number of carbonyl (C=O) groups excluding carboxylic acids is 1. The molecule has 2 aromatic carbocycles. The first kappa shape index (κ1) is 21.2. The highest BCUT2D eigenvalue weighted by Gasteiger charge is 2.23. The van der Waals surface area contributed by atoms with Crippen LogP contribution in [0.5, 0.6) is 5.75 Å². The molecule has 4 aromatic rings. The number of piperidine rings is 1. The second-order valence-electron chi connectivity index (χ2n) is 8.39. The van der Waals surface area contributed by atoms with Crippen LogP contribution in [0.2, 0.25) is 0 Å². The number of hydrogen-bond donors (Lipinski definition) is 1. The van der Waals surface area contributed by atoms with E-state index in [-0.39, 0.29) is 23.1 Å². The zero-order chi connectivity index (χ0) is 22.8. The first-order valence-electron chi connectivity index (χ1n) is 11.1. The van der Waals surface area contributed by atoms with Crippen LogP contribution in [-0.2, 0) is 6.54 Å². The molecule has 0 saturated carbocycles. The lowest BCUT2D eigenvalue weighted by molar-refractivity contribution is 0.0881. The van der Waals surface area contributed by atoms with Crippen molar-refractivity contribution < 1.29 is 13.9 Å². The van der Waals surface area contributed by atoms with Gasteiger partial charge in [0.2, 0.25) is 0 Å². The number of amides is 1. The maximum absolute atomic E-state index is 12.8. The van der Waals surface area contributed by atoms with Crippen LogP contribution >= 0.6 is 0 Å². The lowest BCUT2D eigenvalue weighted by atomic mass is 10.0. The van der Waals surface area contributed by atoms with Crippen LogP contribution in [0.1, 0.15) is 29.0 Å². The number of methoxy groups -OCH3 is 1. The van der Waals surface area contributed by atoms with E-state index in [1.54, 1.807) is 25.3 Å². The summed E-state index contributed by atoms with van der Waals surface area (Å²) in [7, 11) is 1.54. The molecule has 0 unspecified atom stereocenters. The van der Waals surface area contributed by atoms with Gasteiger partial charge in [-0.25, -0.2) is 0 Å². The summed E-state index contributed by atoms with van der Waals surface area (Å²) in [6, 6.07) is 16.7. The third-order valence-electron chi connectivity index (χ3n) is 6.16. The Morgan fingerprint density at radius 1 is 1.15 bits per heavy atom. The maximum Gasteiger partial charge on any atom is 0.287 e. The Hall–Kier alpha value is -3.71. The predicted molar refractivity (Wildman–Crippen MR) is 127 cm³/mol. The van der Waals surface area contributed by atoms with Gasteiger partial charge >= 0.3 is 0 Å². The predicted octanol–water partition coefficient (Wildman–Crippen LogP) is 3.74. The van der Waals surface area contributed by atoms with Crippen molar-refractivity contribution in [2.24, 2.45) is 0 Å². The number of ether oxygens (including phenoxy) is 1. The number of rotatable bonds is 5. The number of hydrogen-bond acceptors (Lipinski definition) is 6. The molecule has 168 valence electrons. The molecule has 0 bridgehead atoms. The van der Waals surface area contributed by atoms with Gasteiger partial charge in [-0.1, -0.05) is 18.2 Å². The monoisotopic (exact) mass is 443 g/mol. The molecule has 7 nitrogen and oxygen atoms in total. The van der Waals surface area contributed by atoms with Gasteiger partial charge in [0.25, 0.3) is 5.91 Å². The fourth-order valence-corrected chi connectivity index (χ4v) is 4.33. The molecule has 7 heteroatoms. The first-order valence-corrected chi connectivity index (χ1v) is 11.1. The molecule has 2 aromatic heterocycles. The number of carbonyl (C=O) groups is 1. The fraction of sp³-hybridized carbons (Fsp3) is 0.269. The molecule has 33 heavy (non-hydrogen) atoms. The quantitative estimate of drug-likeness (QED) is 0.506. The second kappa shape index (κ2) is 9.03. The zero-order valence-electron chi connectivity index (χ0n) is 18.4. The number of aromatic nitrogens is 1. The van der Waals surface area contributed by atoms with E-state index in [9.17, 15) is 9.59 Å². The molecule has 1 fully saturated rings. The second-order valence-corrected chi connectivity index (χ2v) is 8.39. The van der Waals surface area contributed by atoms with Crippen molar-refractivity contribution in [3.8, 4) is 5.75 Å². The molecular formula is C26H25N3O4. The maximum atomic E-state index is 12.8. The number of nitrogens with zero attached hydrogens (tertiary/aromatic N) is 2. The summed E-state index contributed by atoms with van der Waals surface area (Å²) in [5, 5.41) is 4.59. The molecule has 0 spiro atoms. The Kier molecular flexibility index (Phi) is 5.79. The highest BCUT2D eigenvalue weighted by atomic mass is 16.5. The van der Waals surface area contributed by atoms with E-state index in [1.807, 2.05) is 12.3 Å². The minimum absolute atomic E-state index is 0.0202. The minimum atomic E-state index is -0.365. The standard InChI is InChI=1S/C26H25N3O4/c1-32-20-6-7-21-23(30)15-25(33-24(21)14-20)26(31)28-19-8-11-29(12-9-19)16-17-4-5-18-3-2-10-27-22(18)13-17/h2-7,10,13-15,19H,8-9,11-12,16H2,1H3,(H,28,31). The molecule has 0 radical (unpaired) electrons. The Labute approximate surface area is 191 Å². The van der Waals surface area contributed by atoms with Gasteiger partial charge in [-0.15, -0.1) is 0 Å². The van der Waals surface area contributed by atoms with Crippen molar-refractivity contribution in [2.75, 3.05) is 20.2 Å². The lowest BCUT2D eigenvalue weighted by Gasteiger charge is -2.32. The summed E-state index contributed by atoms with van der Waals surface area (Å²) in [6.45, 7) is 2.61. The molecule has 1 saturated heterocycles. The molecule has 5 rings (SSSR count). The number of pyridine rings is 1. The largest absolute Gasteiger partial charge is 0.497 e. The van der Waals surface area contributed by atoms with Crippen molar-refractivity contribution in [1.29, 1.82) is 0 Å². The topological polar surface area (TPSA) is 84.7 Å². The van der Waals surface area contributed by atoms with Gasteiger partial charge in [0.1, 0.15) is 11.3 Å². The van der Waals surface area contributed by atoms with Crippen molar-refractivity contribution in [3.05, 3.63) is 82.3 Å². The van der Waals surface area contributed by atoms with Crippen LogP contribution in [0, 0.1) is 0 Å². The van der Waals surface area contributed by atoms with Gasteiger partial charge in [0.05, 0.1) is 18.0 Å². The van der Waals surface area contributed by atoms with Crippen LogP contribution in [0.25, 0.3) is 21.9 Å². The van der Waals surface area contributed by atoms with Crippen molar-refractivity contribution in [1.82, 2.24) is 15.2 Å². The Morgan fingerprint density at radius 2 is 2.00 bits per heavy atom. The van der Waals surface area contributed by atoms with Crippen LogP contribution < -0.4 is 15.5 Å². The van der Waals surface area contributed by atoms with Gasteiger partial charge in [0, 0.05) is 49.4 Å². The average Bonchev–Trinajstić information content (AvgIpc) is 2.84. The molecule has 1 aliphatic rings. The van der Waals surface area contributed by atoms with Crippen LogP contribution in [0.4, 0.5) is 0 Å². The summed E-state index contributed by atoms with van der Waals surface area (Å²) in [5.41, 5.74) is 2.33. The summed E-state index contributed by atoms with van der Waals surface area (Å²) in [4.78, 5) is 32.0. The van der Waals surface area contributed by atoms with E-state index in [0.29, 0.717) is 16.7 Å². The minimum Gasteiger partial charge on any atom is -0.497 e. The average molecular weight is 444 g/mol. The molecule has 0 aliphatic carbocycles. The third kappa shape index (κ3) is 4.59. The number of nitrogens with one attached hydrogen (secondary N) is 1. The lowest BCUT2D eigenvalue weighted by Crippen LogP contribution is -2.44. The molecule has 0 atom stereocenters. The van der Waals surface area contributed by atoms with Gasteiger partial charge in [-0.3, -0.25) is 19.5 Å². The zero-order valence-corrected chi connectivity index (χ0v) is 18.4. The normalized spacial score (nSPS) is 15.1. The summed E-state index contributed by atoms with van der Waals surface area (Å²) in [6.07, 6.45) is 3.49. The Balaban J connectivity index is 1.21. The van der Waals surface area contributed by atoms with Crippen LogP contribution in [0.3, 0.4) is 0 Å². The molecule has 1 amide bonds. The van der Waals surface area contributed by atoms with Gasteiger partial charge < -0.3 is 14.5 Å². The first-order chi connectivity index (χ1) is 16.1. The van der Waals surface area contributed by atoms with Gasteiger partial charge in [0.15, 0.2) is 11.2 Å². The van der Waals surface area contributed by atoms with Crippen LogP contribution in [-0.4, -0.2) is 42.0 Å². The van der Waals surface area contributed by atoms with E-state index in [2.05, 4.69) is 39.5 Å². The molecule has 1 N–H and O–H groups in total. The Morgan fingerprint density at radius 3 is 2.82 bits per heavy atom. The highest BCUT2D eigenvalue weighted by Crippen LogP contribution is 2.21. The summed E-state index contributed by atoms with van der Waals surface area (Å²) >= 11 is 0. The Bertz CT molecular complexity index is 1370. The van der Waals surface area contributed by atoms with Gasteiger partial charge in [-0.05, 0) is 42.7 Å². The molecule has 1 aliphatic heterocycles. The number of benzene rings is 2. The molecule has 3 heterocycles. The summed E-state index contributed by atoms with van der Waals surface area (Å²) < 4.78 is 10.9. The van der Waals surface area contributed by atoms with Crippen molar-refractivity contribution in [2.45, 2.75) is 25.4 Å². The van der Waals surface area contributed by atoms with E-state index < -0.39 is 0 Å². The SMILES string of the molecule is COc1ccc2c(=O)cc(C(=O)NC3CCN(Cc4ccc5cccnc5c4)CC3)oc2c1. The molecular weight excluding hydrogens is 418 g/mol.